The maximum Gasteiger partial charge on any atom is -0.00168 e. The molecule has 1 aliphatic carbocycles. The Hall–Kier alpha value is -0.820. The van der Waals surface area contributed by atoms with Gasteiger partial charge in [0, 0.05) is 0 Å². The molecule has 12 heavy (non-hydrogen) atoms. The Morgan fingerprint density at radius 3 is 2.17 bits per heavy atom. The summed E-state index contributed by atoms with van der Waals surface area (Å²) in [6.45, 7) is 3.06. The molecule has 1 nitrogen and oxygen atoms in total. The largest absolute Gasteiger partial charge is 0.330 e. The smallest absolute Gasteiger partial charge is 0.00168 e. The Labute approximate surface area is 73.6 Å². The van der Waals surface area contributed by atoms with Gasteiger partial charge in [0.05, 0.1) is 0 Å². The van der Waals surface area contributed by atoms with Crippen molar-refractivity contribution in [2.45, 2.75) is 19.8 Å². The van der Waals surface area contributed by atoms with Crippen LogP contribution in [0.15, 0.2) is 24.3 Å². The molecule has 0 saturated heterocycles. The third kappa shape index (κ3) is 1.14. The van der Waals surface area contributed by atoms with E-state index in [9.17, 15) is 0 Å². The minimum Gasteiger partial charge on any atom is -0.330 e. The molecule has 0 aliphatic heterocycles. The highest BCUT2D eigenvalue weighted by Gasteiger charge is 2.30. The molecule has 0 bridgehead atoms. The first-order valence-corrected chi connectivity index (χ1v) is 4.50. The van der Waals surface area contributed by atoms with Crippen LogP contribution in [0.4, 0.5) is 0 Å². The van der Waals surface area contributed by atoms with Crippen molar-refractivity contribution in [3.05, 3.63) is 35.4 Å². The van der Waals surface area contributed by atoms with Crippen molar-refractivity contribution in [1.29, 1.82) is 0 Å². The summed E-state index contributed by atoms with van der Waals surface area (Å²) < 4.78 is 0. The summed E-state index contributed by atoms with van der Waals surface area (Å²) in [7, 11) is 0. The third-order valence-electron chi connectivity index (χ3n) is 2.85. The van der Waals surface area contributed by atoms with E-state index in [0.29, 0.717) is 5.41 Å². The normalized spacial score (nSPS) is 19.2. The lowest BCUT2D eigenvalue weighted by Gasteiger charge is -2.20. The predicted octanol–water partition coefficient (Wildman–Crippen LogP) is 1.75. The van der Waals surface area contributed by atoms with Crippen LogP contribution in [0.25, 0.3) is 0 Å². The molecule has 0 heterocycles. The second kappa shape index (κ2) is 2.60. The van der Waals surface area contributed by atoms with Crippen molar-refractivity contribution >= 4 is 0 Å². The highest BCUT2D eigenvalue weighted by molar-refractivity contribution is 5.34. The third-order valence-corrected chi connectivity index (χ3v) is 2.85. The predicted molar refractivity (Wildman–Crippen MR) is 51.0 cm³/mol. The fourth-order valence-corrected chi connectivity index (χ4v) is 2.03. The first-order chi connectivity index (χ1) is 5.73. The van der Waals surface area contributed by atoms with Gasteiger partial charge < -0.3 is 5.73 Å². The maximum absolute atomic E-state index is 5.75. The van der Waals surface area contributed by atoms with Crippen LogP contribution < -0.4 is 5.73 Å². The number of benzene rings is 1. The number of hydrogen-bond acceptors (Lipinski definition) is 1. The first-order valence-electron chi connectivity index (χ1n) is 4.50. The standard InChI is InChI=1S/C11H15N/c1-11(8-12)6-9-4-2-3-5-10(9)7-11/h2-5H,6-8,12H2,1H3. The van der Waals surface area contributed by atoms with Crippen molar-refractivity contribution in [2.75, 3.05) is 6.54 Å². The van der Waals surface area contributed by atoms with E-state index in [4.69, 9.17) is 5.73 Å². The van der Waals surface area contributed by atoms with Crippen molar-refractivity contribution in [1.82, 2.24) is 0 Å². The van der Waals surface area contributed by atoms with Crippen LogP contribution in [0.3, 0.4) is 0 Å². The van der Waals surface area contributed by atoms with Crippen LogP contribution >= 0.6 is 0 Å². The molecular weight excluding hydrogens is 146 g/mol. The van der Waals surface area contributed by atoms with Gasteiger partial charge in [0.25, 0.3) is 0 Å². The zero-order valence-electron chi connectivity index (χ0n) is 7.51. The Balaban J connectivity index is 2.33. The van der Waals surface area contributed by atoms with E-state index in [1.807, 2.05) is 0 Å². The van der Waals surface area contributed by atoms with Crippen molar-refractivity contribution in [2.24, 2.45) is 11.1 Å². The molecule has 0 aromatic heterocycles. The summed E-state index contributed by atoms with van der Waals surface area (Å²) in [4.78, 5) is 0. The molecule has 0 fully saturated rings. The van der Waals surface area contributed by atoms with E-state index in [1.54, 1.807) is 0 Å². The van der Waals surface area contributed by atoms with Crippen LogP contribution in [0.1, 0.15) is 18.1 Å². The van der Waals surface area contributed by atoms with Gasteiger partial charge >= 0.3 is 0 Å². The molecule has 0 saturated carbocycles. The van der Waals surface area contributed by atoms with Gasteiger partial charge in [-0.2, -0.15) is 0 Å². The van der Waals surface area contributed by atoms with E-state index in [-0.39, 0.29) is 0 Å². The number of fused-ring (bicyclic) bond motifs is 1. The molecule has 0 atom stereocenters. The zero-order valence-corrected chi connectivity index (χ0v) is 7.51. The Morgan fingerprint density at radius 1 is 1.25 bits per heavy atom. The highest BCUT2D eigenvalue weighted by atomic mass is 14.6. The molecule has 2 N–H and O–H groups in total. The topological polar surface area (TPSA) is 26.0 Å². The summed E-state index contributed by atoms with van der Waals surface area (Å²) in [6.07, 6.45) is 2.30. The zero-order chi connectivity index (χ0) is 8.60. The number of rotatable bonds is 1. The van der Waals surface area contributed by atoms with E-state index in [0.717, 1.165) is 19.4 Å². The lowest BCUT2D eigenvalue weighted by molar-refractivity contribution is 0.359. The van der Waals surface area contributed by atoms with Crippen molar-refractivity contribution in [3.8, 4) is 0 Å². The van der Waals surface area contributed by atoms with E-state index < -0.39 is 0 Å². The monoisotopic (exact) mass is 161 g/mol. The first kappa shape index (κ1) is 7.81. The molecular formula is C11H15N. The summed E-state index contributed by atoms with van der Waals surface area (Å²) in [5, 5.41) is 0. The molecule has 1 heteroatoms. The summed E-state index contributed by atoms with van der Waals surface area (Å²) in [5.41, 5.74) is 9.05. The quantitative estimate of drug-likeness (QED) is 0.667. The van der Waals surface area contributed by atoms with Crippen LogP contribution in [0, 0.1) is 5.41 Å². The van der Waals surface area contributed by atoms with Gasteiger partial charge in [-0.3, -0.25) is 0 Å². The van der Waals surface area contributed by atoms with Crippen LogP contribution in [0.2, 0.25) is 0 Å². The van der Waals surface area contributed by atoms with Crippen LogP contribution in [0.5, 0.6) is 0 Å². The van der Waals surface area contributed by atoms with E-state index >= 15 is 0 Å². The molecule has 0 spiro atoms. The number of hydrogen-bond donors (Lipinski definition) is 1. The Morgan fingerprint density at radius 2 is 1.75 bits per heavy atom. The summed E-state index contributed by atoms with van der Waals surface area (Å²) >= 11 is 0. The number of nitrogens with two attached hydrogens (primary N) is 1. The average Bonchev–Trinajstić information content (AvgIpc) is 2.42. The van der Waals surface area contributed by atoms with Gasteiger partial charge in [0.15, 0.2) is 0 Å². The molecule has 1 aromatic rings. The molecule has 0 amide bonds. The molecule has 1 aromatic carbocycles. The SMILES string of the molecule is CC1(CN)Cc2ccccc2C1. The van der Waals surface area contributed by atoms with Gasteiger partial charge in [0.2, 0.25) is 0 Å². The van der Waals surface area contributed by atoms with E-state index in [2.05, 4.69) is 31.2 Å². The second-order valence-corrected chi connectivity index (χ2v) is 4.14. The minimum atomic E-state index is 0.323. The molecule has 1 aliphatic rings. The second-order valence-electron chi connectivity index (χ2n) is 4.14. The maximum atomic E-state index is 5.75. The van der Waals surface area contributed by atoms with Crippen molar-refractivity contribution < 1.29 is 0 Å². The summed E-state index contributed by atoms with van der Waals surface area (Å²) in [6, 6.07) is 8.66. The minimum absolute atomic E-state index is 0.323. The van der Waals surface area contributed by atoms with Gasteiger partial charge in [-0.05, 0) is 35.9 Å². The van der Waals surface area contributed by atoms with Crippen LogP contribution in [-0.4, -0.2) is 6.54 Å². The Bertz CT molecular complexity index is 266. The van der Waals surface area contributed by atoms with Gasteiger partial charge in [0.1, 0.15) is 0 Å². The summed E-state index contributed by atoms with van der Waals surface area (Å²) in [5.74, 6) is 0. The van der Waals surface area contributed by atoms with Gasteiger partial charge in [-0.1, -0.05) is 31.2 Å². The van der Waals surface area contributed by atoms with Gasteiger partial charge in [-0.15, -0.1) is 0 Å². The average molecular weight is 161 g/mol. The lowest BCUT2D eigenvalue weighted by Crippen LogP contribution is -2.27. The molecule has 0 radical (unpaired) electrons. The van der Waals surface area contributed by atoms with Crippen molar-refractivity contribution in [3.63, 3.8) is 0 Å². The lowest BCUT2D eigenvalue weighted by atomic mass is 9.88. The molecule has 64 valence electrons. The van der Waals surface area contributed by atoms with Gasteiger partial charge in [-0.25, -0.2) is 0 Å². The fraction of sp³-hybridized carbons (Fsp3) is 0.455. The van der Waals surface area contributed by atoms with Crippen LogP contribution in [-0.2, 0) is 12.8 Å². The molecule has 0 unspecified atom stereocenters. The molecule has 2 rings (SSSR count). The highest BCUT2D eigenvalue weighted by Crippen LogP contribution is 2.35. The Kier molecular flexibility index (Phi) is 1.69. The van der Waals surface area contributed by atoms with E-state index in [1.165, 1.54) is 11.1 Å². The fourth-order valence-electron chi connectivity index (χ4n) is 2.03.